The van der Waals surface area contributed by atoms with Gasteiger partial charge in [0.15, 0.2) is 0 Å². The highest BCUT2D eigenvalue weighted by molar-refractivity contribution is 6.12. The Hall–Kier alpha value is -7.68. The van der Waals surface area contributed by atoms with Gasteiger partial charge in [0.05, 0.1) is 0 Å². The lowest BCUT2D eigenvalue weighted by Gasteiger charge is -2.13. The Morgan fingerprint density at radius 1 is 0.237 bits per heavy atom. The molecular weight excluding hydrogens is 713 g/mol. The summed E-state index contributed by atoms with van der Waals surface area (Å²) in [6.45, 7) is 0. The summed E-state index contributed by atoms with van der Waals surface area (Å²) >= 11 is 0. The summed E-state index contributed by atoms with van der Waals surface area (Å²) in [5, 5.41) is 27.5. The maximum atomic E-state index is 3.72. The van der Waals surface area contributed by atoms with Crippen LogP contribution >= 0.6 is 0 Å². The molecular formula is C57H38N2. The van der Waals surface area contributed by atoms with Crippen LogP contribution in [-0.4, -0.2) is 0 Å². The van der Waals surface area contributed by atoms with E-state index in [1.807, 2.05) is 0 Å². The van der Waals surface area contributed by atoms with Crippen LogP contribution in [0, 0.1) is 0 Å². The quantitative estimate of drug-likeness (QED) is 0.165. The first-order chi connectivity index (χ1) is 29.1. The van der Waals surface area contributed by atoms with Crippen molar-refractivity contribution in [2.24, 2.45) is 0 Å². The smallest absolute Gasteiger partial charge is 0.0464 e. The van der Waals surface area contributed by atoms with Gasteiger partial charge in [-0.1, -0.05) is 97.1 Å². The van der Waals surface area contributed by atoms with E-state index in [0.29, 0.717) is 0 Å². The summed E-state index contributed by atoms with van der Waals surface area (Å²) in [6.07, 6.45) is 0.869. The zero-order chi connectivity index (χ0) is 38.9. The van der Waals surface area contributed by atoms with E-state index in [1.54, 1.807) is 0 Å². The van der Waals surface area contributed by atoms with Gasteiger partial charge in [0.25, 0.3) is 0 Å². The van der Waals surface area contributed by atoms with Crippen LogP contribution in [0.25, 0.3) is 86.2 Å². The molecule has 0 atom stereocenters. The second-order valence-corrected chi connectivity index (χ2v) is 16.1. The summed E-state index contributed by atoms with van der Waals surface area (Å²) in [7, 11) is 0. The molecule has 0 aliphatic rings. The Morgan fingerprint density at radius 3 is 0.881 bits per heavy atom. The standard InChI is InChI=1S/C57H38N2/c1-3-9-40-26-46-32-50-34-54-42(28-48(50)30-44(46)24-38(40)7-1)11-5-13-56(54)58-52-19-15-36(16-20-52)23-37-17-21-53(22-18-37)59-57-14-6-12-43-29-49-31-45-25-39-8-2-4-10-41(39)27-47(45)33-51(49)35-55(43)57/h1-22,24-35,58-59H,23H2. The van der Waals surface area contributed by atoms with E-state index in [1.165, 1.54) is 97.3 Å². The monoisotopic (exact) mass is 750 g/mol. The third-order valence-electron chi connectivity index (χ3n) is 12.2. The summed E-state index contributed by atoms with van der Waals surface area (Å²) in [6, 6.07) is 75.8. The molecule has 2 N–H and O–H groups in total. The number of hydrogen-bond donors (Lipinski definition) is 2. The first kappa shape index (κ1) is 33.5. The summed E-state index contributed by atoms with van der Waals surface area (Å²) in [5.41, 5.74) is 6.94. The molecule has 0 aliphatic heterocycles. The fourth-order valence-electron chi connectivity index (χ4n) is 9.12. The van der Waals surface area contributed by atoms with Gasteiger partial charge < -0.3 is 10.6 Å². The molecule has 0 spiro atoms. The van der Waals surface area contributed by atoms with Crippen molar-refractivity contribution in [3.05, 3.63) is 217 Å². The van der Waals surface area contributed by atoms with Crippen LogP contribution in [0.3, 0.4) is 0 Å². The van der Waals surface area contributed by atoms with E-state index in [4.69, 9.17) is 0 Å². The molecule has 0 fully saturated rings. The van der Waals surface area contributed by atoms with E-state index in [2.05, 4.69) is 217 Å². The van der Waals surface area contributed by atoms with Crippen LogP contribution < -0.4 is 10.6 Å². The van der Waals surface area contributed by atoms with Gasteiger partial charge in [-0.15, -0.1) is 0 Å². The van der Waals surface area contributed by atoms with Crippen LogP contribution in [-0.2, 0) is 6.42 Å². The number of fused-ring (bicyclic) bond motifs is 8. The van der Waals surface area contributed by atoms with Gasteiger partial charge in [0, 0.05) is 33.5 Å². The summed E-state index contributed by atoms with van der Waals surface area (Å²) in [4.78, 5) is 0. The highest BCUT2D eigenvalue weighted by atomic mass is 14.9. The first-order valence-corrected chi connectivity index (χ1v) is 20.4. The average molecular weight is 751 g/mol. The third-order valence-corrected chi connectivity index (χ3v) is 12.2. The van der Waals surface area contributed by atoms with Gasteiger partial charge in [-0.2, -0.15) is 0 Å². The molecule has 2 nitrogen and oxygen atoms in total. The Bertz CT molecular complexity index is 3380. The number of rotatable bonds is 6. The van der Waals surface area contributed by atoms with Crippen LogP contribution in [0.15, 0.2) is 206 Å². The molecule has 12 aromatic rings. The largest absolute Gasteiger partial charge is 0.355 e. The Kier molecular flexibility index (Phi) is 7.64. The molecule has 0 saturated carbocycles. The van der Waals surface area contributed by atoms with Crippen LogP contribution in [0.5, 0.6) is 0 Å². The summed E-state index contributed by atoms with van der Waals surface area (Å²) < 4.78 is 0. The lowest BCUT2D eigenvalue weighted by atomic mass is 9.97. The number of anilines is 4. The van der Waals surface area contributed by atoms with E-state index < -0.39 is 0 Å². The zero-order valence-corrected chi connectivity index (χ0v) is 32.3. The maximum Gasteiger partial charge on any atom is 0.0464 e. The molecule has 12 rings (SSSR count). The van der Waals surface area contributed by atoms with Gasteiger partial charge in [-0.05, 0) is 202 Å². The maximum absolute atomic E-state index is 3.72. The second-order valence-electron chi connectivity index (χ2n) is 16.1. The average Bonchev–Trinajstić information content (AvgIpc) is 3.26. The normalized spacial score (nSPS) is 11.8. The highest BCUT2D eigenvalue weighted by Crippen LogP contribution is 2.36. The topological polar surface area (TPSA) is 24.1 Å². The van der Waals surface area contributed by atoms with E-state index in [0.717, 1.165) is 29.2 Å². The van der Waals surface area contributed by atoms with Crippen molar-refractivity contribution in [1.82, 2.24) is 0 Å². The van der Waals surface area contributed by atoms with E-state index >= 15 is 0 Å². The minimum Gasteiger partial charge on any atom is -0.355 e. The van der Waals surface area contributed by atoms with Crippen molar-refractivity contribution in [2.45, 2.75) is 6.42 Å². The predicted octanol–water partition coefficient (Wildman–Crippen LogP) is 16.0. The molecule has 59 heavy (non-hydrogen) atoms. The summed E-state index contributed by atoms with van der Waals surface area (Å²) in [5.74, 6) is 0. The molecule has 0 bridgehead atoms. The molecule has 0 aromatic heterocycles. The van der Waals surface area contributed by atoms with Gasteiger partial charge in [-0.3, -0.25) is 0 Å². The molecule has 0 aliphatic carbocycles. The molecule has 12 aromatic carbocycles. The molecule has 0 amide bonds. The van der Waals surface area contributed by atoms with Gasteiger partial charge in [0.2, 0.25) is 0 Å². The number of benzene rings is 12. The zero-order valence-electron chi connectivity index (χ0n) is 32.3. The lowest BCUT2D eigenvalue weighted by Crippen LogP contribution is -1.94. The van der Waals surface area contributed by atoms with E-state index in [9.17, 15) is 0 Å². The Morgan fingerprint density at radius 2 is 0.525 bits per heavy atom. The highest BCUT2D eigenvalue weighted by Gasteiger charge is 2.10. The molecule has 0 saturated heterocycles. The van der Waals surface area contributed by atoms with Gasteiger partial charge in [-0.25, -0.2) is 0 Å². The van der Waals surface area contributed by atoms with Crippen molar-refractivity contribution in [3.8, 4) is 0 Å². The van der Waals surface area contributed by atoms with Gasteiger partial charge >= 0.3 is 0 Å². The van der Waals surface area contributed by atoms with Crippen LogP contribution in [0.1, 0.15) is 11.1 Å². The van der Waals surface area contributed by atoms with Crippen molar-refractivity contribution in [3.63, 3.8) is 0 Å². The number of hydrogen-bond acceptors (Lipinski definition) is 2. The van der Waals surface area contributed by atoms with E-state index in [-0.39, 0.29) is 0 Å². The molecule has 2 heteroatoms. The molecule has 276 valence electrons. The molecule has 0 unspecified atom stereocenters. The second kappa shape index (κ2) is 13.5. The van der Waals surface area contributed by atoms with Crippen molar-refractivity contribution in [1.29, 1.82) is 0 Å². The predicted molar refractivity (Wildman–Crippen MR) is 255 cm³/mol. The Balaban J connectivity index is 0.765. The first-order valence-electron chi connectivity index (χ1n) is 20.4. The lowest BCUT2D eigenvalue weighted by molar-refractivity contribution is 1.19. The Labute approximate surface area is 342 Å². The van der Waals surface area contributed by atoms with Gasteiger partial charge in [0.1, 0.15) is 0 Å². The van der Waals surface area contributed by atoms with Crippen molar-refractivity contribution >= 4 is 109 Å². The van der Waals surface area contributed by atoms with Crippen molar-refractivity contribution < 1.29 is 0 Å². The van der Waals surface area contributed by atoms with Crippen LogP contribution in [0.2, 0.25) is 0 Å². The SMILES string of the molecule is c1ccc2cc3cc4cc5c(Nc6ccc(Cc7ccc(Nc8cccc9cc%10cc%11cc%12ccccc%12cc%11cc%10cc89)cc7)cc6)cccc5cc4cc3cc2c1. The minimum atomic E-state index is 0.869. The van der Waals surface area contributed by atoms with Crippen LogP contribution in [0.4, 0.5) is 22.7 Å². The number of nitrogens with one attached hydrogen (secondary N) is 2. The fraction of sp³-hybridized carbons (Fsp3) is 0.0175. The minimum absolute atomic E-state index is 0.869. The molecule has 0 radical (unpaired) electrons. The molecule has 0 heterocycles. The van der Waals surface area contributed by atoms with Crippen molar-refractivity contribution in [2.75, 3.05) is 10.6 Å². The fourth-order valence-corrected chi connectivity index (χ4v) is 9.12. The third kappa shape index (κ3) is 6.14.